The van der Waals surface area contributed by atoms with E-state index in [4.69, 9.17) is 0 Å². The Morgan fingerprint density at radius 1 is 1.55 bits per heavy atom. The van der Waals surface area contributed by atoms with Crippen LogP contribution in [0, 0.1) is 24.2 Å². The molecule has 0 aliphatic heterocycles. The predicted molar refractivity (Wildman–Crippen MR) is 79.8 cm³/mol. The van der Waals surface area contributed by atoms with Gasteiger partial charge in [0.2, 0.25) is 5.95 Å². The lowest BCUT2D eigenvalue weighted by Crippen LogP contribution is -2.48. The van der Waals surface area contributed by atoms with Gasteiger partial charge in [-0.3, -0.25) is 9.78 Å². The summed E-state index contributed by atoms with van der Waals surface area (Å²) in [5.74, 6) is 1.82. The van der Waals surface area contributed by atoms with Crippen LogP contribution in [-0.4, -0.2) is 16.2 Å². The summed E-state index contributed by atoms with van der Waals surface area (Å²) in [6.45, 7) is 6.45. The standard InChI is InChI=1S/C15H20N4O/c1-9-6-13(20)18-14(17-9)19-16-8-10-4-5-11-7-12(10)15(11,2)3/h4,6,8,11-12H,5,7H2,1-3H3,(H2,17,18,19,20)/b16-8-/t11-,12-/m1/s1. The molecule has 4 rings (SSSR count). The van der Waals surface area contributed by atoms with Gasteiger partial charge in [0.25, 0.3) is 5.56 Å². The van der Waals surface area contributed by atoms with Crippen molar-refractivity contribution in [2.45, 2.75) is 33.6 Å². The summed E-state index contributed by atoms with van der Waals surface area (Å²) in [6.07, 6.45) is 6.56. The van der Waals surface area contributed by atoms with E-state index in [-0.39, 0.29) is 5.56 Å². The average Bonchev–Trinajstić information content (AvgIpc) is 2.37. The molecule has 0 unspecified atom stereocenters. The van der Waals surface area contributed by atoms with Gasteiger partial charge < -0.3 is 0 Å². The Balaban J connectivity index is 1.69. The molecule has 5 heteroatoms. The third-order valence-corrected chi connectivity index (χ3v) is 4.76. The van der Waals surface area contributed by atoms with E-state index in [0.717, 1.165) is 12.3 Å². The Kier molecular flexibility index (Phi) is 3.00. The van der Waals surface area contributed by atoms with Crippen molar-refractivity contribution in [1.82, 2.24) is 9.97 Å². The predicted octanol–water partition coefficient (Wildman–Crippen LogP) is 2.47. The number of hydrogen-bond donors (Lipinski definition) is 2. The molecule has 1 saturated carbocycles. The zero-order chi connectivity index (χ0) is 14.3. The van der Waals surface area contributed by atoms with Crippen molar-refractivity contribution < 1.29 is 0 Å². The van der Waals surface area contributed by atoms with Gasteiger partial charge in [-0.05, 0) is 42.6 Å². The van der Waals surface area contributed by atoms with E-state index in [0.29, 0.717) is 23.0 Å². The van der Waals surface area contributed by atoms with Crippen molar-refractivity contribution in [2.75, 3.05) is 5.43 Å². The van der Waals surface area contributed by atoms with Crippen LogP contribution in [0.3, 0.4) is 0 Å². The number of hydrogen-bond acceptors (Lipinski definition) is 4. The van der Waals surface area contributed by atoms with Crippen LogP contribution in [0.1, 0.15) is 32.4 Å². The number of nitrogens with zero attached hydrogens (tertiary/aromatic N) is 2. The molecule has 1 aromatic rings. The summed E-state index contributed by atoms with van der Waals surface area (Å²) < 4.78 is 0. The van der Waals surface area contributed by atoms with Gasteiger partial charge in [-0.15, -0.1) is 0 Å². The number of hydrazone groups is 1. The Morgan fingerprint density at radius 2 is 2.35 bits per heavy atom. The molecule has 1 heterocycles. The molecular formula is C15H20N4O. The van der Waals surface area contributed by atoms with E-state index in [1.54, 1.807) is 6.92 Å². The molecule has 106 valence electrons. The Morgan fingerprint density at radius 3 is 3.00 bits per heavy atom. The van der Waals surface area contributed by atoms with Gasteiger partial charge in [-0.2, -0.15) is 5.10 Å². The fourth-order valence-corrected chi connectivity index (χ4v) is 3.34. The number of anilines is 1. The van der Waals surface area contributed by atoms with Crippen LogP contribution in [0.5, 0.6) is 0 Å². The van der Waals surface area contributed by atoms with E-state index in [1.165, 1.54) is 18.1 Å². The highest BCUT2D eigenvalue weighted by Crippen LogP contribution is 2.58. The lowest BCUT2D eigenvalue weighted by atomic mass is 9.49. The summed E-state index contributed by atoms with van der Waals surface area (Å²) in [4.78, 5) is 18.1. The smallest absolute Gasteiger partial charge is 0.252 e. The van der Waals surface area contributed by atoms with Crippen molar-refractivity contribution in [3.05, 3.63) is 33.8 Å². The first-order valence-electron chi connectivity index (χ1n) is 7.04. The van der Waals surface area contributed by atoms with Crippen molar-refractivity contribution in [3.63, 3.8) is 0 Å². The quantitative estimate of drug-likeness (QED) is 0.656. The van der Waals surface area contributed by atoms with Crippen LogP contribution in [0.25, 0.3) is 0 Å². The zero-order valence-electron chi connectivity index (χ0n) is 12.1. The Bertz CT molecular complexity index is 642. The molecular weight excluding hydrogens is 252 g/mol. The molecule has 5 nitrogen and oxygen atoms in total. The summed E-state index contributed by atoms with van der Waals surface area (Å²) >= 11 is 0. The van der Waals surface area contributed by atoms with Crippen molar-refractivity contribution in [2.24, 2.45) is 22.4 Å². The molecule has 3 aliphatic rings. The highest BCUT2D eigenvalue weighted by atomic mass is 16.1. The lowest BCUT2D eigenvalue weighted by molar-refractivity contribution is -0.00124. The van der Waals surface area contributed by atoms with Gasteiger partial charge in [0.15, 0.2) is 0 Å². The van der Waals surface area contributed by atoms with E-state index < -0.39 is 0 Å². The van der Waals surface area contributed by atoms with Gasteiger partial charge >= 0.3 is 0 Å². The van der Waals surface area contributed by atoms with Crippen molar-refractivity contribution in [1.29, 1.82) is 0 Å². The van der Waals surface area contributed by atoms with Gasteiger partial charge in [0.1, 0.15) is 0 Å². The number of fused-ring (bicyclic) bond motifs is 1. The SMILES string of the molecule is Cc1cc(=O)[nH]c(N/N=C\C2=CC[C@@H]3C[C@H]2C3(C)C)n1. The highest BCUT2D eigenvalue weighted by molar-refractivity contribution is 5.81. The number of aromatic nitrogens is 2. The molecule has 0 spiro atoms. The van der Waals surface area contributed by atoms with Crippen LogP contribution < -0.4 is 11.0 Å². The maximum Gasteiger partial charge on any atom is 0.252 e. The third kappa shape index (κ3) is 2.17. The maximum absolute atomic E-state index is 11.3. The van der Waals surface area contributed by atoms with Crippen LogP contribution in [0.15, 0.2) is 27.6 Å². The minimum absolute atomic E-state index is 0.171. The topological polar surface area (TPSA) is 70.1 Å². The second-order valence-corrected chi connectivity index (χ2v) is 6.35. The summed E-state index contributed by atoms with van der Waals surface area (Å²) in [5, 5.41) is 4.21. The molecule has 0 amide bonds. The van der Waals surface area contributed by atoms with E-state index in [1.807, 2.05) is 6.21 Å². The number of allylic oxidation sites excluding steroid dienone is 2. The molecule has 2 N–H and O–H groups in total. The van der Waals surface area contributed by atoms with Gasteiger partial charge in [-0.1, -0.05) is 19.9 Å². The molecule has 2 atom stereocenters. The first-order valence-corrected chi connectivity index (χ1v) is 7.04. The molecule has 3 aliphatic carbocycles. The van der Waals surface area contributed by atoms with Crippen LogP contribution in [0.4, 0.5) is 5.95 Å². The molecule has 1 fully saturated rings. The maximum atomic E-state index is 11.3. The van der Waals surface area contributed by atoms with Crippen molar-refractivity contribution in [3.8, 4) is 0 Å². The fourth-order valence-electron chi connectivity index (χ4n) is 3.34. The van der Waals surface area contributed by atoms with Gasteiger partial charge in [0.05, 0.1) is 6.21 Å². The average molecular weight is 272 g/mol. The zero-order valence-corrected chi connectivity index (χ0v) is 12.1. The van der Waals surface area contributed by atoms with E-state index in [2.05, 4.69) is 40.4 Å². The molecule has 1 aromatic heterocycles. The molecule has 0 radical (unpaired) electrons. The summed E-state index contributed by atoms with van der Waals surface area (Å²) in [5.41, 5.74) is 4.99. The number of nitrogens with one attached hydrogen (secondary N) is 2. The first-order chi connectivity index (χ1) is 9.46. The van der Waals surface area contributed by atoms with Gasteiger partial charge in [-0.25, -0.2) is 10.4 Å². The largest absolute Gasteiger partial charge is 0.291 e. The van der Waals surface area contributed by atoms with Crippen LogP contribution >= 0.6 is 0 Å². The molecule has 2 bridgehead atoms. The van der Waals surface area contributed by atoms with Crippen molar-refractivity contribution >= 4 is 12.2 Å². The third-order valence-electron chi connectivity index (χ3n) is 4.76. The normalized spacial score (nSPS) is 27.1. The summed E-state index contributed by atoms with van der Waals surface area (Å²) in [6, 6.07) is 1.45. The molecule has 0 saturated heterocycles. The second-order valence-electron chi connectivity index (χ2n) is 6.35. The van der Waals surface area contributed by atoms with E-state index in [9.17, 15) is 4.79 Å². The first kappa shape index (κ1) is 13.1. The van der Waals surface area contributed by atoms with Crippen LogP contribution in [-0.2, 0) is 0 Å². The molecule has 20 heavy (non-hydrogen) atoms. The van der Waals surface area contributed by atoms with Crippen LogP contribution in [0.2, 0.25) is 0 Å². The van der Waals surface area contributed by atoms with Gasteiger partial charge in [0, 0.05) is 11.8 Å². The lowest BCUT2D eigenvalue weighted by Gasteiger charge is -2.55. The number of H-pyrrole nitrogens is 1. The number of rotatable bonds is 3. The number of aromatic amines is 1. The van der Waals surface area contributed by atoms with E-state index >= 15 is 0 Å². The second kappa shape index (κ2) is 4.58. The monoisotopic (exact) mass is 272 g/mol. The Labute approximate surface area is 118 Å². The minimum Gasteiger partial charge on any atom is -0.291 e. The number of aryl methyl sites for hydroxylation is 1. The summed E-state index contributed by atoms with van der Waals surface area (Å²) in [7, 11) is 0. The minimum atomic E-state index is -0.171. The fraction of sp³-hybridized carbons (Fsp3) is 0.533. The highest BCUT2D eigenvalue weighted by Gasteiger charge is 2.50. The molecule has 0 aromatic carbocycles. The Hall–Kier alpha value is -1.91.